The van der Waals surface area contributed by atoms with Crippen LogP contribution in [0.25, 0.3) is 28.2 Å². The molecule has 1 aliphatic carbocycles. The summed E-state index contributed by atoms with van der Waals surface area (Å²) in [6.45, 7) is 19.1. The summed E-state index contributed by atoms with van der Waals surface area (Å²) in [5.41, 5.74) is 17.9. The highest BCUT2D eigenvalue weighted by Gasteiger charge is 2.49. The third-order valence-corrected chi connectivity index (χ3v) is 17.5. The molecule has 8 aromatic carbocycles. The largest absolute Gasteiger partial charge is 0.456 e. The van der Waals surface area contributed by atoms with Gasteiger partial charge in [-0.3, -0.25) is 0 Å². The second-order valence-corrected chi connectivity index (χ2v) is 24.2. The highest BCUT2D eigenvalue weighted by Crippen LogP contribution is 2.61. The van der Waals surface area contributed by atoms with Gasteiger partial charge in [0.05, 0.1) is 35.5 Å². The van der Waals surface area contributed by atoms with Gasteiger partial charge < -0.3 is 19.5 Å². The van der Waals surface area contributed by atoms with Crippen molar-refractivity contribution in [2.24, 2.45) is 0 Å². The van der Waals surface area contributed by atoms with Gasteiger partial charge >= 0.3 is 0 Å². The van der Waals surface area contributed by atoms with Crippen LogP contribution in [-0.2, 0) is 22.8 Å². The van der Waals surface area contributed by atoms with E-state index >= 15 is 0 Å². The zero-order chi connectivity index (χ0) is 48.4. The highest BCUT2D eigenvalue weighted by atomic mass is 28.2. The average Bonchev–Trinajstić information content (AvgIpc) is 3.91. The molecule has 0 amide bonds. The molecule has 2 heterocycles. The van der Waals surface area contributed by atoms with Gasteiger partial charge in [0, 0.05) is 52.3 Å². The molecule has 4 nitrogen and oxygen atoms in total. The van der Waals surface area contributed by atoms with Crippen LogP contribution in [0.1, 0.15) is 86.2 Å². The van der Waals surface area contributed by atoms with E-state index in [1.807, 2.05) is 6.20 Å². The van der Waals surface area contributed by atoms with E-state index in [1.54, 1.807) is 0 Å². The SMILES string of the molecule is C[SiH2]c1ccc(N(c2ccc(C(C)(C)C)cc2)c2ccc3c(c2)C(c2ccccc2)(c2ccccc2)c2cc(N(c4ccc([SiH2]C)cc4)c4ccc(C(C)(C)C)cc4)c4c5c(oc4c2-3)C=CNC5)cc1. The van der Waals surface area contributed by atoms with Gasteiger partial charge in [0.25, 0.3) is 0 Å². The van der Waals surface area contributed by atoms with Crippen LogP contribution in [0.4, 0.5) is 34.1 Å². The van der Waals surface area contributed by atoms with Crippen LogP contribution in [0.5, 0.6) is 0 Å². The number of furan rings is 1. The fraction of sp³-hybridized carbons (Fsp3) is 0.188. The zero-order valence-electron chi connectivity index (χ0n) is 41.9. The topological polar surface area (TPSA) is 31.6 Å². The van der Waals surface area contributed by atoms with Crippen LogP contribution < -0.4 is 25.5 Å². The van der Waals surface area contributed by atoms with E-state index in [9.17, 15) is 0 Å². The predicted octanol–water partition coefficient (Wildman–Crippen LogP) is 14.1. The van der Waals surface area contributed by atoms with Crippen LogP contribution in [-0.4, -0.2) is 19.0 Å². The quantitative estimate of drug-likeness (QED) is 0.138. The summed E-state index contributed by atoms with van der Waals surface area (Å²) in [5.74, 6) is 0.900. The minimum absolute atomic E-state index is 0.0147. The number of hydrogen-bond donors (Lipinski definition) is 1. The molecule has 0 saturated carbocycles. The third kappa shape index (κ3) is 7.65. The molecule has 70 heavy (non-hydrogen) atoms. The minimum atomic E-state index is -0.730. The Hall–Kier alpha value is -7.13. The van der Waals surface area contributed by atoms with Gasteiger partial charge in [0.2, 0.25) is 0 Å². The number of rotatable bonds is 10. The molecule has 2 aliphatic rings. The molecule has 9 aromatic rings. The molecule has 1 aliphatic heterocycles. The van der Waals surface area contributed by atoms with Crippen molar-refractivity contribution in [3.63, 3.8) is 0 Å². The van der Waals surface area contributed by atoms with E-state index < -0.39 is 5.41 Å². The monoisotopic (exact) mass is 945 g/mol. The summed E-state index contributed by atoms with van der Waals surface area (Å²) in [7, 11) is -0.669. The number of nitrogens with one attached hydrogen (secondary N) is 1. The van der Waals surface area contributed by atoms with E-state index in [2.05, 4.69) is 258 Å². The molecule has 0 bridgehead atoms. The summed E-state index contributed by atoms with van der Waals surface area (Å²) in [5, 5.41) is 7.60. The van der Waals surface area contributed by atoms with Gasteiger partial charge in [0.15, 0.2) is 0 Å². The van der Waals surface area contributed by atoms with Crippen LogP contribution in [0.3, 0.4) is 0 Å². The summed E-state index contributed by atoms with van der Waals surface area (Å²) in [4.78, 5) is 4.94. The molecule has 0 unspecified atom stereocenters. The second kappa shape index (κ2) is 17.7. The fourth-order valence-corrected chi connectivity index (χ4v) is 12.5. The van der Waals surface area contributed by atoms with Crippen molar-refractivity contribution in [3.8, 4) is 11.1 Å². The Morgan fingerprint density at radius 2 is 0.986 bits per heavy atom. The van der Waals surface area contributed by atoms with Crippen LogP contribution in [0.2, 0.25) is 13.1 Å². The molecule has 0 atom stereocenters. The maximum atomic E-state index is 7.34. The third-order valence-electron chi connectivity index (χ3n) is 14.9. The van der Waals surface area contributed by atoms with Gasteiger partial charge in [-0.2, -0.15) is 0 Å². The first-order chi connectivity index (χ1) is 33.9. The molecule has 6 heteroatoms. The molecule has 0 fully saturated rings. The standard InChI is InChI=1S/C64H63N3OSi2/c1-62(2,3)42-19-23-46(24-20-42)66(47-27-32-51(69-7)33-28-47)50-31-36-53-55(39-50)64(44-15-11-9-12-16-44,45-17-13-10-14-18-45)56-40-57(60-54-41-65-38-37-58(54)68-61(60)59(53)56)67(49-29-34-52(70-8)35-30-49)48-25-21-43(22-26-48)63(4,5)6/h9-40,65H,41,69-70H2,1-8H3. The lowest BCUT2D eigenvalue weighted by Gasteiger charge is -2.36. The maximum Gasteiger partial charge on any atom is 0.145 e. The number of benzene rings is 8. The summed E-state index contributed by atoms with van der Waals surface area (Å²) in [6.07, 6.45) is 4.13. The van der Waals surface area contributed by atoms with E-state index in [1.165, 1.54) is 54.9 Å². The molecule has 1 aromatic heterocycles. The molecule has 1 N–H and O–H groups in total. The van der Waals surface area contributed by atoms with E-state index in [4.69, 9.17) is 4.42 Å². The van der Waals surface area contributed by atoms with E-state index in [-0.39, 0.29) is 29.9 Å². The maximum absolute atomic E-state index is 7.34. The van der Waals surface area contributed by atoms with Crippen molar-refractivity contribution < 1.29 is 4.42 Å². The first-order valence-electron chi connectivity index (χ1n) is 25.2. The van der Waals surface area contributed by atoms with Crippen LogP contribution in [0, 0.1) is 0 Å². The van der Waals surface area contributed by atoms with Crippen molar-refractivity contribution in [1.82, 2.24) is 5.32 Å². The van der Waals surface area contributed by atoms with Crippen molar-refractivity contribution >= 4 is 80.6 Å². The van der Waals surface area contributed by atoms with Crippen molar-refractivity contribution in [1.29, 1.82) is 0 Å². The first-order valence-corrected chi connectivity index (χ1v) is 29.4. The molecular weight excluding hydrogens is 883 g/mol. The fourth-order valence-electron chi connectivity index (χ4n) is 11.0. The van der Waals surface area contributed by atoms with E-state index in [0.29, 0.717) is 6.54 Å². The molecule has 0 saturated heterocycles. The van der Waals surface area contributed by atoms with Crippen LogP contribution >= 0.6 is 0 Å². The number of fused-ring (bicyclic) bond motifs is 7. The lowest BCUT2D eigenvalue weighted by atomic mass is 9.67. The number of anilines is 6. The molecule has 11 rings (SSSR count). The van der Waals surface area contributed by atoms with Crippen molar-refractivity contribution in [2.45, 2.75) is 77.4 Å². The average molecular weight is 946 g/mol. The smallest absolute Gasteiger partial charge is 0.145 e. The highest BCUT2D eigenvalue weighted by molar-refractivity contribution is 6.52. The Balaban J connectivity index is 1.24. The lowest BCUT2D eigenvalue weighted by Crippen LogP contribution is -2.29. The number of nitrogens with zero attached hydrogens (tertiary/aromatic N) is 2. The van der Waals surface area contributed by atoms with Gasteiger partial charge in [-0.05, 0) is 123 Å². The Labute approximate surface area is 419 Å². The summed E-state index contributed by atoms with van der Waals surface area (Å²) >= 11 is 0. The van der Waals surface area contributed by atoms with Crippen LogP contribution in [0.15, 0.2) is 193 Å². The van der Waals surface area contributed by atoms with Gasteiger partial charge in [-0.1, -0.05) is 180 Å². The Bertz CT molecular complexity index is 3340. The summed E-state index contributed by atoms with van der Waals surface area (Å²) < 4.78 is 7.34. The van der Waals surface area contributed by atoms with Crippen molar-refractivity contribution in [3.05, 3.63) is 233 Å². The minimum Gasteiger partial charge on any atom is -0.456 e. The Morgan fingerprint density at radius 1 is 0.514 bits per heavy atom. The molecule has 0 spiro atoms. The number of hydrogen-bond acceptors (Lipinski definition) is 4. The Kier molecular flexibility index (Phi) is 11.4. The zero-order valence-corrected chi connectivity index (χ0v) is 44.7. The van der Waals surface area contributed by atoms with E-state index in [0.717, 1.165) is 56.4 Å². The lowest BCUT2D eigenvalue weighted by molar-refractivity contribution is 0.590. The van der Waals surface area contributed by atoms with Gasteiger partial charge in [0.1, 0.15) is 11.3 Å². The Morgan fingerprint density at radius 3 is 1.47 bits per heavy atom. The summed E-state index contributed by atoms with van der Waals surface area (Å²) in [6, 6.07) is 69.2. The molecule has 348 valence electrons. The van der Waals surface area contributed by atoms with Gasteiger partial charge in [-0.15, -0.1) is 0 Å². The van der Waals surface area contributed by atoms with Crippen molar-refractivity contribution in [2.75, 3.05) is 9.80 Å². The molecular formula is C64H63N3OSi2. The van der Waals surface area contributed by atoms with Gasteiger partial charge in [-0.25, -0.2) is 0 Å². The first kappa shape index (κ1) is 45.3. The second-order valence-electron chi connectivity index (χ2n) is 21.2. The molecule has 0 radical (unpaired) electrons. The predicted molar refractivity (Wildman–Crippen MR) is 304 cm³/mol. The normalized spacial score (nSPS) is 14.0.